The second kappa shape index (κ2) is 7.95. The minimum Gasteiger partial charge on any atom is -0.387 e. The van der Waals surface area contributed by atoms with Crippen molar-refractivity contribution in [2.75, 3.05) is 31.2 Å². The van der Waals surface area contributed by atoms with E-state index in [1.54, 1.807) is 12.1 Å². The molecule has 32 heavy (non-hydrogen) atoms. The maximum absolute atomic E-state index is 14.9. The van der Waals surface area contributed by atoms with Crippen LogP contribution in [0, 0.1) is 29.0 Å². The first kappa shape index (κ1) is 21.0. The van der Waals surface area contributed by atoms with Crippen LogP contribution in [0.3, 0.4) is 0 Å². The zero-order chi connectivity index (χ0) is 22.5. The second-order valence-corrected chi connectivity index (χ2v) is 9.22. The van der Waals surface area contributed by atoms with Crippen LogP contribution >= 0.6 is 0 Å². The molecule has 2 aliphatic carbocycles. The van der Waals surface area contributed by atoms with Gasteiger partial charge in [0.1, 0.15) is 5.82 Å². The minimum atomic E-state index is -0.772. The van der Waals surface area contributed by atoms with E-state index in [0.29, 0.717) is 55.5 Å². The Morgan fingerprint density at radius 3 is 2.72 bits per heavy atom. The molecule has 2 heterocycles. The van der Waals surface area contributed by atoms with Crippen LogP contribution in [-0.2, 0) is 16.6 Å². The highest BCUT2D eigenvalue weighted by Crippen LogP contribution is 2.51. The molecular weight excluding hydrogens is 407 g/mol. The molecule has 1 fully saturated rings. The Labute approximate surface area is 187 Å². The highest BCUT2D eigenvalue weighted by Gasteiger charge is 2.49. The number of ether oxygens (including phenoxy) is 1. The van der Waals surface area contributed by atoms with E-state index in [0.717, 1.165) is 17.7 Å². The molecule has 1 N–H and O–H groups in total. The number of aromatic nitrogens is 2. The van der Waals surface area contributed by atoms with Crippen LogP contribution in [0.5, 0.6) is 0 Å². The van der Waals surface area contributed by atoms with Crippen molar-refractivity contribution >= 4 is 5.95 Å². The Kier molecular flexibility index (Phi) is 5.23. The van der Waals surface area contributed by atoms with Gasteiger partial charge in [-0.05, 0) is 36.8 Å². The first-order chi connectivity index (χ1) is 15.4. The predicted octanol–water partition coefficient (Wildman–Crippen LogP) is 3.40. The molecule has 1 unspecified atom stereocenters. The number of hydrogen-bond acceptors (Lipinski definition) is 6. The molecular formula is C25H27FN4O2. The van der Waals surface area contributed by atoms with Crippen molar-refractivity contribution in [3.8, 4) is 17.3 Å². The molecule has 0 radical (unpaired) electrons. The first-order valence-corrected chi connectivity index (χ1v) is 11.2. The Morgan fingerprint density at radius 2 is 2.00 bits per heavy atom. The highest BCUT2D eigenvalue weighted by atomic mass is 19.1. The van der Waals surface area contributed by atoms with Crippen LogP contribution in [0.1, 0.15) is 31.5 Å². The predicted molar refractivity (Wildman–Crippen MR) is 118 cm³/mol. The van der Waals surface area contributed by atoms with Gasteiger partial charge in [0.2, 0.25) is 5.95 Å². The molecule has 0 spiro atoms. The van der Waals surface area contributed by atoms with Crippen molar-refractivity contribution in [1.29, 1.82) is 5.26 Å². The van der Waals surface area contributed by atoms with Crippen LogP contribution in [-0.4, -0.2) is 47.5 Å². The fraction of sp³-hybridized carbons (Fsp3) is 0.480. The van der Waals surface area contributed by atoms with Gasteiger partial charge in [0.25, 0.3) is 0 Å². The SMILES string of the molecule is C[C@H]1C(O)C(C#N)=C[C@@]2(C)c3nc(N4CCOCC4)nc(-c4ccccc4F)c3CC[C@H]12. The summed E-state index contributed by atoms with van der Waals surface area (Å²) in [5, 5.41) is 20.3. The molecule has 1 saturated heterocycles. The van der Waals surface area contributed by atoms with Gasteiger partial charge in [-0.1, -0.05) is 32.1 Å². The Morgan fingerprint density at radius 1 is 1.25 bits per heavy atom. The monoisotopic (exact) mass is 434 g/mol. The van der Waals surface area contributed by atoms with E-state index in [-0.39, 0.29) is 17.7 Å². The third-order valence-corrected chi connectivity index (χ3v) is 7.44. The maximum atomic E-state index is 14.9. The Balaban J connectivity index is 1.76. The molecule has 7 heteroatoms. The summed E-state index contributed by atoms with van der Waals surface area (Å²) in [7, 11) is 0. The quantitative estimate of drug-likeness (QED) is 0.780. The summed E-state index contributed by atoms with van der Waals surface area (Å²) in [6.45, 7) is 6.63. The van der Waals surface area contributed by atoms with Gasteiger partial charge in [0, 0.05) is 29.6 Å². The second-order valence-electron chi connectivity index (χ2n) is 9.22. The molecule has 0 bridgehead atoms. The first-order valence-electron chi connectivity index (χ1n) is 11.2. The van der Waals surface area contributed by atoms with Gasteiger partial charge in [-0.25, -0.2) is 14.4 Å². The molecule has 3 aliphatic rings. The smallest absolute Gasteiger partial charge is 0.226 e. The molecule has 1 aliphatic heterocycles. The molecule has 0 saturated carbocycles. The summed E-state index contributed by atoms with van der Waals surface area (Å²) in [4.78, 5) is 12.0. The number of nitriles is 1. The van der Waals surface area contributed by atoms with E-state index < -0.39 is 11.5 Å². The van der Waals surface area contributed by atoms with Crippen LogP contribution in [0.25, 0.3) is 11.3 Å². The van der Waals surface area contributed by atoms with Crippen LogP contribution in [0.15, 0.2) is 35.9 Å². The number of rotatable bonds is 2. The summed E-state index contributed by atoms with van der Waals surface area (Å²) >= 11 is 0. The molecule has 166 valence electrons. The fourth-order valence-electron chi connectivity index (χ4n) is 5.71. The lowest BCUT2D eigenvalue weighted by molar-refractivity contribution is 0.0668. The number of halogens is 1. The van der Waals surface area contributed by atoms with Gasteiger partial charge < -0.3 is 14.7 Å². The molecule has 1 aromatic carbocycles. The lowest BCUT2D eigenvalue weighted by atomic mass is 9.57. The van der Waals surface area contributed by atoms with E-state index in [1.807, 2.05) is 19.1 Å². The number of allylic oxidation sites excluding steroid dienone is 1. The number of aliphatic hydroxyl groups is 1. The summed E-state index contributed by atoms with van der Waals surface area (Å²) in [5.74, 6) is 0.307. The standard InChI is InChI=1S/C25H27FN4O2/c1-15-19-8-7-18-21(17-5-3-4-6-20(17)26)28-24(30-9-11-32-12-10-30)29-23(18)25(19,2)13-16(14-27)22(15)31/h3-6,13,15,19,22,31H,7-12H2,1-2H3/t15-,19-,22?,25-/m1/s1. The highest BCUT2D eigenvalue weighted by molar-refractivity contribution is 5.68. The number of benzene rings is 1. The fourth-order valence-corrected chi connectivity index (χ4v) is 5.71. The van der Waals surface area contributed by atoms with E-state index in [4.69, 9.17) is 14.7 Å². The molecule has 0 amide bonds. The van der Waals surface area contributed by atoms with Gasteiger partial charge in [0.05, 0.1) is 42.3 Å². The minimum absolute atomic E-state index is 0.0773. The van der Waals surface area contributed by atoms with Gasteiger partial charge in [0.15, 0.2) is 0 Å². The van der Waals surface area contributed by atoms with Crippen LogP contribution in [0.4, 0.5) is 10.3 Å². The van der Waals surface area contributed by atoms with Crippen molar-refractivity contribution in [3.05, 3.63) is 53.0 Å². The molecule has 6 nitrogen and oxygen atoms in total. The maximum Gasteiger partial charge on any atom is 0.226 e. The largest absolute Gasteiger partial charge is 0.387 e. The molecule has 5 rings (SSSR count). The topological polar surface area (TPSA) is 82.3 Å². The number of aliphatic hydroxyl groups excluding tert-OH is 1. The van der Waals surface area contributed by atoms with E-state index in [9.17, 15) is 14.8 Å². The van der Waals surface area contributed by atoms with Gasteiger partial charge >= 0.3 is 0 Å². The third kappa shape index (κ3) is 3.21. The van der Waals surface area contributed by atoms with Gasteiger partial charge in [-0.3, -0.25) is 0 Å². The number of morpholine rings is 1. The zero-order valence-corrected chi connectivity index (χ0v) is 18.4. The summed E-state index contributed by atoms with van der Waals surface area (Å²) in [5.41, 5.74) is 2.71. The van der Waals surface area contributed by atoms with E-state index >= 15 is 0 Å². The Hall–Kier alpha value is -2.82. The zero-order valence-electron chi connectivity index (χ0n) is 18.4. The molecule has 2 aromatic rings. The number of nitrogens with zero attached hydrogens (tertiary/aromatic N) is 4. The van der Waals surface area contributed by atoms with Gasteiger partial charge in [-0.2, -0.15) is 5.26 Å². The third-order valence-electron chi connectivity index (χ3n) is 7.44. The van der Waals surface area contributed by atoms with Crippen molar-refractivity contribution in [1.82, 2.24) is 9.97 Å². The average molecular weight is 435 g/mol. The van der Waals surface area contributed by atoms with Crippen molar-refractivity contribution in [2.45, 2.75) is 38.2 Å². The summed E-state index contributed by atoms with van der Waals surface area (Å²) in [6.07, 6.45) is 2.64. The van der Waals surface area contributed by atoms with Crippen LogP contribution < -0.4 is 4.90 Å². The number of hydrogen-bond donors (Lipinski definition) is 1. The number of fused-ring (bicyclic) bond motifs is 3. The summed E-state index contributed by atoms with van der Waals surface area (Å²) < 4.78 is 20.4. The van der Waals surface area contributed by atoms with Crippen molar-refractivity contribution in [3.63, 3.8) is 0 Å². The molecule has 4 atom stereocenters. The lowest BCUT2D eigenvalue weighted by Gasteiger charge is -2.48. The van der Waals surface area contributed by atoms with Crippen molar-refractivity contribution < 1.29 is 14.2 Å². The average Bonchev–Trinajstić information content (AvgIpc) is 2.82. The van der Waals surface area contributed by atoms with E-state index in [2.05, 4.69) is 17.9 Å². The van der Waals surface area contributed by atoms with E-state index in [1.165, 1.54) is 6.07 Å². The van der Waals surface area contributed by atoms with Crippen LogP contribution in [0.2, 0.25) is 0 Å². The Bertz CT molecular complexity index is 1120. The molecule has 1 aromatic heterocycles. The van der Waals surface area contributed by atoms with Gasteiger partial charge in [-0.15, -0.1) is 0 Å². The lowest BCUT2D eigenvalue weighted by Crippen LogP contribution is -2.48. The normalized spacial score (nSPS) is 29.5. The number of anilines is 1. The van der Waals surface area contributed by atoms with Crippen molar-refractivity contribution in [2.24, 2.45) is 11.8 Å². The summed E-state index contributed by atoms with van der Waals surface area (Å²) in [6, 6.07) is 8.91.